The summed E-state index contributed by atoms with van der Waals surface area (Å²) in [5.41, 5.74) is 7.94. The number of aliphatic hydroxyl groups excluding tert-OH is 1. The first-order valence-electron chi connectivity index (χ1n) is 4.69. The first kappa shape index (κ1) is 11.7. The normalized spacial score (nSPS) is 15.2. The molecule has 0 aliphatic carbocycles. The zero-order valence-corrected chi connectivity index (χ0v) is 10.1. The molecule has 3 N–H and O–H groups in total. The zero-order chi connectivity index (χ0) is 10.7. The van der Waals surface area contributed by atoms with Crippen LogP contribution >= 0.6 is 15.9 Å². The van der Waals surface area contributed by atoms with Gasteiger partial charge in [-0.15, -0.1) is 0 Å². The minimum absolute atomic E-state index is 0.187. The molecule has 0 aliphatic heterocycles. The van der Waals surface area contributed by atoms with E-state index in [1.807, 2.05) is 32.0 Å². The molecule has 0 amide bonds. The molecule has 2 nitrogen and oxygen atoms in total. The van der Waals surface area contributed by atoms with Crippen molar-refractivity contribution in [1.82, 2.24) is 0 Å². The smallest absolute Gasteiger partial charge is 0.0728 e. The van der Waals surface area contributed by atoms with E-state index in [0.29, 0.717) is 6.42 Å². The molecule has 78 valence electrons. The van der Waals surface area contributed by atoms with Crippen molar-refractivity contribution in [3.63, 3.8) is 0 Å². The van der Waals surface area contributed by atoms with Crippen molar-refractivity contribution in [2.45, 2.75) is 32.4 Å². The van der Waals surface area contributed by atoms with Gasteiger partial charge in [0.15, 0.2) is 0 Å². The summed E-state index contributed by atoms with van der Waals surface area (Å²) in [6, 6.07) is 5.87. The van der Waals surface area contributed by atoms with E-state index in [1.165, 1.54) is 5.56 Å². The molecule has 0 saturated heterocycles. The third kappa shape index (κ3) is 3.08. The van der Waals surface area contributed by atoms with Gasteiger partial charge in [0.1, 0.15) is 0 Å². The maximum atomic E-state index is 9.65. The maximum Gasteiger partial charge on any atom is 0.0728 e. The van der Waals surface area contributed by atoms with E-state index in [0.717, 1.165) is 10.0 Å². The van der Waals surface area contributed by atoms with Gasteiger partial charge in [-0.05, 0) is 37.1 Å². The van der Waals surface area contributed by atoms with Crippen LogP contribution in [0.15, 0.2) is 22.7 Å². The van der Waals surface area contributed by atoms with E-state index in [-0.39, 0.29) is 6.04 Å². The lowest BCUT2D eigenvalue weighted by atomic mass is 10.00. The highest BCUT2D eigenvalue weighted by Gasteiger charge is 2.11. The summed E-state index contributed by atoms with van der Waals surface area (Å²) in [4.78, 5) is 0. The number of aryl methyl sites for hydroxylation is 1. The third-order valence-electron chi connectivity index (χ3n) is 2.35. The van der Waals surface area contributed by atoms with Gasteiger partial charge in [-0.3, -0.25) is 0 Å². The third-order valence-corrected chi connectivity index (χ3v) is 2.84. The number of hydrogen-bond donors (Lipinski definition) is 2. The highest BCUT2D eigenvalue weighted by molar-refractivity contribution is 9.10. The summed E-state index contributed by atoms with van der Waals surface area (Å²) in [7, 11) is 0. The maximum absolute atomic E-state index is 9.65. The molecule has 0 saturated carbocycles. The van der Waals surface area contributed by atoms with Crippen molar-refractivity contribution < 1.29 is 5.11 Å². The lowest BCUT2D eigenvalue weighted by Crippen LogP contribution is -2.33. The Bertz CT molecular complexity index is 312. The van der Waals surface area contributed by atoms with Gasteiger partial charge in [-0.25, -0.2) is 0 Å². The van der Waals surface area contributed by atoms with Gasteiger partial charge < -0.3 is 10.8 Å². The Labute approximate surface area is 93.3 Å². The van der Waals surface area contributed by atoms with Crippen LogP contribution in [-0.2, 0) is 6.42 Å². The minimum atomic E-state index is -0.469. The fourth-order valence-corrected chi connectivity index (χ4v) is 1.68. The molecule has 3 heteroatoms. The van der Waals surface area contributed by atoms with Gasteiger partial charge in [0.25, 0.3) is 0 Å². The van der Waals surface area contributed by atoms with Crippen molar-refractivity contribution in [1.29, 1.82) is 0 Å². The number of hydrogen-bond acceptors (Lipinski definition) is 2. The second-order valence-corrected chi connectivity index (χ2v) is 4.62. The van der Waals surface area contributed by atoms with Crippen LogP contribution < -0.4 is 5.73 Å². The summed E-state index contributed by atoms with van der Waals surface area (Å²) in [5, 5.41) is 9.65. The van der Waals surface area contributed by atoms with Crippen molar-refractivity contribution in [3.8, 4) is 0 Å². The van der Waals surface area contributed by atoms with E-state index in [9.17, 15) is 5.11 Å². The monoisotopic (exact) mass is 257 g/mol. The Morgan fingerprint density at radius 3 is 2.71 bits per heavy atom. The molecule has 0 bridgehead atoms. The summed E-state index contributed by atoms with van der Waals surface area (Å²) >= 11 is 3.41. The first-order chi connectivity index (χ1) is 6.50. The molecular formula is C11H16BrNO. The Hall–Kier alpha value is -0.380. The minimum Gasteiger partial charge on any atom is -0.391 e. The van der Waals surface area contributed by atoms with Gasteiger partial charge in [-0.2, -0.15) is 0 Å². The Balaban J connectivity index is 2.80. The molecule has 1 aromatic carbocycles. The SMILES string of the molecule is Cc1ccc(Br)cc1CC(O)C(C)N. The van der Waals surface area contributed by atoms with Crippen LogP contribution in [-0.4, -0.2) is 17.3 Å². The summed E-state index contributed by atoms with van der Waals surface area (Å²) in [5.74, 6) is 0. The fourth-order valence-electron chi connectivity index (χ4n) is 1.27. The number of nitrogens with two attached hydrogens (primary N) is 1. The van der Waals surface area contributed by atoms with E-state index in [4.69, 9.17) is 5.73 Å². The highest BCUT2D eigenvalue weighted by Crippen LogP contribution is 2.17. The molecular weight excluding hydrogens is 242 g/mol. The van der Waals surface area contributed by atoms with Gasteiger partial charge in [0.05, 0.1) is 6.10 Å². The Kier molecular flexibility index (Phi) is 4.11. The predicted octanol–water partition coefficient (Wildman–Crippen LogP) is 2.01. The van der Waals surface area contributed by atoms with Crippen LogP contribution in [0.4, 0.5) is 0 Å². The Morgan fingerprint density at radius 1 is 1.50 bits per heavy atom. The topological polar surface area (TPSA) is 46.2 Å². The molecule has 0 spiro atoms. The summed E-state index contributed by atoms with van der Waals surface area (Å²) < 4.78 is 1.04. The highest BCUT2D eigenvalue weighted by atomic mass is 79.9. The summed E-state index contributed by atoms with van der Waals surface area (Å²) in [6.07, 6.45) is 0.145. The molecule has 1 aromatic rings. The van der Waals surface area contributed by atoms with Gasteiger partial charge in [0.2, 0.25) is 0 Å². The zero-order valence-electron chi connectivity index (χ0n) is 8.50. The second-order valence-electron chi connectivity index (χ2n) is 3.70. The lowest BCUT2D eigenvalue weighted by molar-refractivity contribution is 0.151. The van der Waals surface area contributed by atoms with Crippen LogP contribution in [0.5, 0.6) is 0 Å². The quantitative estimate of drug-likeness (QED) is 0.871. The van der Waals surface area contributed by atoms with Crippen LogP contribution in [0.25, 0.3) is 0 Å². The average Bonchev–Trinajstić information content (AvgIpc) is 2.11. The lowest BCUT2D eigenvalue weighted by Gasteiger charge is -2.15. The van der Waals surface area contributed by atoms with Crippen molar-refractivity contribution in [2.75, 3.05) is 0 Å². The Morgan fingerprint density at radius 2 is 2.14 bits per heavy atom. The molecule has 0 heterocycles. The van der Waals surface area contributed by atoms with E-state index < -0.39 is 6.10 Å². The van der Waals surface area contributed by atoms with Crippen molar-refractivity contribution in [2.24, 2.45) is 5.73 Å². The molecule has 0 aliphatic rings. The predicted molar refractivity (Wildman–Crippen MR) is 62.2 cm³/mol. The number of benzene rings is 1. The second kappa shape index (κ2) is 4.91. The van der Waals surface area contributed by atoms with Crippen molar-refractivity contribution in [3.05, 3.63) is 33.8 Å². The van der Waals surface area contributed by atoms with Crippen LogP contribution in [0.1, 0.15) is 18.1 Å². The fraction of sp³-hybridized carbons (Fsp3) is 0.455. The number of rotatable bonds is 3. The van der Waals surface area contributed by atoms with Crippen LogP contribution in [0, 0.1) is 6.92 Å². The van der Waals surface area contributed by atoms with Crippen LogP contribution in [0.2, 0.25) is 0 Å². The van der Waals surface area contributed by atoms with Gasteiger partial charge >= 0.3 is 0 Å². The van der Waals surface area contributed by atoms with Crippen molar-refractivity contribution >= 4 is 15.9 Å². The number of aliphatic hydroxyl groups is 1. The van der Waals surface area contributed by atoms with E-state index >= 15 is 0 Å². The molecule has 0 radical (unpaired) electrons. The van der Waals surface area contributed by atoms with E-state index in [2.05, 4.69) is 15.9 Å². The van der Waals surface area contributed by atoms with E-state index in [1.54, 1.807) is 0 Å². The average molecular weight is 258 g/mol. The van der Waals surface area contributed by atoms with Crippen LogP contribution in [0.3, 0.4) is 0 Å². The standard InChI is InChI=1S/C11H16BrNO/c1-7-3-4-10(12)5-9(7)6-11(14)8(2)13/h3-5,8,11,14H,6,13H2,1-2H3. The molecule has 2 unspecified atom stereocenters. The first-order valence-corrected chi connectivity index (χ1v) is 5.48. The van der Waals surface area contributed by atoms with Gasteiger partial charge in [0, 0.05) is 16.9 Å². The molecule has 0 fully saturated rings. The molecule has 0 aromatic heterocycles. The molecule has 1 rings (SSSR count). The molecule has 2 atom stereocenters. The molecule has 14 heavy (non-hydrogen) atoms. The largest absolute Gasteiger partial charge is 0.391 e. The number of halogens is 1. The summed E-state index contributed by atoms with van der Waals surface area (Å²) in [6.45, 7) is 3.85. The van der Waals surface area contributed by atoms with Gasteiger partial charge in [-0.1, -0.05) is 22.0 Å².